The Kier molecular flexibility index (Phi) is 16.8. The Hall–Kier alpha value is -5.70. The summed E-state index contributed by atoms with van der Waals surface area (Å²) in [7, 11) is -3.16. The molecule has 73 heavy (non-hydrogen) atoms. The first-order valence-electron chi connectivity index (χ1n) is 24.9. The number of fused-ring (bicyclic) bond motifs is 1. The number of carbonyl (C=O) groups excluding carboxylic acids is 5. The summed E-state index contributed by atoms with van der Waals surface area (Å²) in [6, 6.07) is 4.76. The highest BCUT2D eigenvalue weighted by molar-refractivity contribution is 7.56. The third kappa shape index (κ3) is 13.5. The van der Waals surface area contributed by atoms with Crippen LogP contribution in [0.1, 0.15) is 98.8 Å². The molecule has 2 aromatic heterocycles. The molecule has 3 aromatic rings. The fourth-order valence-electron chi connectivity index (χ4n) is 8.87. The maximum absolute atomic E-state index is 15.2. The molecule has 21 nitrogen and oxygen atoms in total. The first-order valence-corrected chi connectivity index (χ1v) is 27.4. The summed E-state index contributed by atoms with van der Waals surface area (Å²) in [4.78, 5) is 79.7. The quantitative estimate of drug-likeness (QED) is 0.0263. The third-order valence-corrected chi connectivity index (χ3v) is 16.7. The molecule has 2 unspecified atom stereocenters. The van der Waals surface area contributed by atoms with Gasteiger partial charge in [-0.1, -0.05) is 26.8 Å². The number of ether oxygens (including phenoxy) is 7. The molecule has 0 radical (unpaired) electrons. The van der Waals surface area contributed by atoms with Gasteiger partial charge in [-0.2, -0.15) is 0 Å². The number of rotatable bonds is 23. The number of methoxy groups -OCH3 is 1. The molecular formula is C50H67N6O15PS. The summed E-state index contributed by atoms with van der Waals surface area (Å²) in [6.45, 7) is 11.6. The van der Waals surface area contributed by atoms with Crippen LogP contribution in [-0.2, 0) is 46.9 Å². The molecule has 1 aromatic carbocycles. The van der Waals surface area contributed by atoms with Gasteiger partial charge in [-0.25, -0.2) is 24.4 Å². The summed E-state index contributed by atoms with van der Waals surface area (Å²) in [5.74, 6) is -0.691. The average Bonchev–Trinajstić information content (AvgIpc) is 4.31. The Morgan fingerprint density at radius 3 is 2.14 bits per heavy atom. The van der Waals surface area contributed by atoms with Gasteiger partial charge in [-0.3, -0.25) is 23.2 Å². The number of hydrogen-bond donors (Lipinski definition) is 3. The van der Waals surface area contributed by atoms with Crippen molar-refractivity contribution >= 4 is 65.2 Å². The van der Waals surface area contributed by atoms with Crippen molar-refractivity contribution in [3.05, 3.63) is 42.3 Å². The molecule has 1 aliphatic heterocycles. The Morgan fingerprint density at radius 1 is 0.904 bits per heavy atom. The van der Waals surface area contributed by atoms with E-state index in [9.17, 15) is 14.4 Å². The van der Waals surface area contributed by atoms with Crippen LogP contribution in [0.25, 0.3) is 22.3 Å². The maximum Gasteiger partial charge on any atom is 0.510 e. The number of hydrogen-bond acceptors (Lipinski definition) is 19. The third-order valence-electron chi connectivity index (χ3n) is 13.4. The van der Waals surface area contributed by atoms with Crippen LogP contribution in [-0.4, -0.2) is 121 Å². The molecule has 4 saturated carbocycles. The maximum atomic E-state index is 15.2. The monoisotopic (exact) mass is 1050 g/mol. The van der Waals surface area contributed by atoms with Crippen molar-refractivity contribution in [3.8, 4) is 22.9 Å². The van der Waals surface area contributed by atoms with Crippen LogP contribution in [0.2, 0.25) is 0 Å². The van der Waals surface area contributed by atoms with Crippen LogP contribution >= 0.6 is 18.9 Å². The summed E-state index contributed by atoms with van der Waals surface area (Å²) in [5, 5.41) is 10.4. The van der Waals surface area contributed by atoms with Crippen LogP contribution < -0.4 is 25.4 Å². The number of anilines is 1. The van der Waals surface area contributed by atoms with Gasteiger partial charge in [0.2, 0.25) is 25.4 Å². The average molecular weight is 1060 g/mol. The van der Waals surface area contributed by atoms with E-state index in [0.29, 0.717) is 51.8 Å². The molecule has 5 aliphatic rings. The fraction of sp³-hybridized carbons (Fsp3) is 0.620. The second-order valence-electron chi connectivity index (χ2n) is 20.7. The number of pyridine rings is 1. The highest BCUT2D eigenvalue weighted by Gasteiger charge is 2.69. The van der Waals surface area contributed by atoms with Gasteiger partial charge >= 0.3 is 26.0 Å². The van der Waals surface area contributed by atoms with Crippen LogP contribution in [0, 0.1) is 23.2 Å². The van der Waals surface area contributed by atoms with E-state index in [0.717, 1.165) is 38.5 Å². The minimum Gasteiger partial charge on any atom is -0.497 e. The number of carbonyl (C=O) groups is 5. The Morgan fingerprint density at radius 2 is 1.56 bits per heavy atom. The molecule has 3 heterocycles. The van der Waals surface area contributed by atoms with Gasteiger partial charge < -0.3 is 54.0 Å². The molecule has 0 bridgehead atoms. The van der Waals surface area contributed by atoms with E-state index in [2.05, 4.69) is 22.5 Å². The molecule has 1 saturated heterocycles. The summed E-state index contributed by atoms with van der Waals surface area (Å²) in [6.07, 6.45) is 4.26. The number of aromatic nitrogens is 2. The molecule has 3 amide bonds. The summed E-state index contributed by atoms with van der Waals surface area (Å²) < 4.78 is 65.3. The van der Waals surface area contributed by atoms with Crippen molar-refractivity contribution in [2.75, 3.05) is 45.8 Å². The smallest absolute Gasteiger partial charge is 0.497 e. The second kappa shape index (κ2) is 22.8. The Bertz CT molecular complexity index is 2520. The molecule has 5 atom stereocenters. The van der Waals surface area contributed by atoms with Gasteiger partial charge in [0.15, 0.2) is 5.13 Å². The van der Waals surface area contributed by atoms with Crippen molar-refractivity contribution in [2.45, 2.75) is 134 Å². The molecular weight excluding hydrogens is 988 g/mol. The SMILES string of the molecule is C=CC1C[C@]1(NC(=O)[C@@H]1CC(Oc2cc(-c3csc(NC(C)C)n3)nc3cc(OC)ccc23)CN1C(=O)[C@@H](NC(=O)OC1CCCC1)C(C)(C)C)P(=O)(OCOC(=O)OCC1CC1)OCOC(=O)OCC1CC1. The lowest BCUT2D eigenvalue weighted by Crippen LogP contribution is -2.58. The van der Waals surface area contributed by atoms with E-state index in [4.69, 9.17) is 52.2 Å². The van der Waals surface area contributed by atoms with Crippen molar-refractivity contribution in [1.29, 1.82) is 0 Å². The lowest BCUT2D eigenvalue weighted by molar-refractivity contribution is -0.142. The zero-order valence-electron chi connectivity index (χ0n) is 42.2. The lowest BCUT2D eigenvalue weighted by atomic mass is 9.85. The minimum absolute atomic E-state index is 0.0300. The van der Waals surface area contributed by atoms with E-state index >= 15 is 14.2 Å². The summed E-state index contributed by atoms with van der Waals surface area (Å²) >= 11 is 1.43. The number of likely N-dealkylation sites (tertiary alicyclic amines) is 1. The van der Waals surface area contributed by atoms with Gasteiger partial charge in [0.1, 0.15) is 46.8 Å². The van der Waals surface area contributed by atoms with E-state index in [1.54, 1.807) is 46.1 Å². The normalized spacial score (nSPS) is 22.3. The Balaban J connectivity index is 1.09. The van der Waals surface area contributed by atoms with Crippen molar-refractivity contribution < 1.29 is 70.7 Å². The van der Waals surface area contributed by atoms with Gasteiger partial charge in [-0.15, -0.1) is 17.9 Å². The largest absolute Gasteiger partial charge is 0.510 e. The van der Waals surface area contributed by atoms with Gasteiger partial charge in [0, 0.05) is 41.3 Å². The zero-order chi connectivity index (χ0) is 52.1. The molecule has 23 heteroatoms. The highest BCUT2D eigenvalue weighted by atomic mass is 32.1. The number of benzene rings is 1. The fourth-order valence-corrected chi connectivity index (χ4v) is 11.8. The van der Waals surface area contributed by atoms with Crippen LogP contribution in [0.3, 0.4) is 0 Å². The number of nitrogens with one attached hydrogen (secondary N) is 3. The van der Waals surface area contributed by atoms with Crippen molar-refractivity contribution in [3.63, 3.8) is 0 Å². The number of amides is 3. The van der Waals surface area contributed by atoms with Crippen molar-refractivity contribution in [2.24, 2.45) is 23.2 Å². The van der Waals surface area contributed by atoms with Crippen molar-refractivity contribution in [1.82, 2.24) is 25.5 Å². The standard InChI is InChI=1S/C50H67N6O15PS/c1-8-32-22-50(32,72(62,68-27-66-47(60)64-24-30-13-14-30)69-28-67-48(61)65-25-31-15-16-31)55-43(57)40-20-35(23-56(40)44(58)42(49(4,5)6)54-46(59)71-33-11-9-10-12-33)70-41-21-38(39-26-73-45(53-39)51-29(2)3)52-37-19-34(63-7)17-18-36(37)41/h8,17-19,21,26,29-33,35,40,42H,1,9-16,20,22-25,27-28H2,2-7H3,(H,51,53)(H,54,59)(H,55,57)/t32?,35?,40-,42+,50-/m0/s1. The summed E-state index contributed by atoms with van der Waals surface area (Å²) in [5.41, 5.74) is 0.746. The van der Waals surface area contributed by atoms with E-state index < -0.39 is 86.2 Å². The number of nitrogens with zero attached hydrogens (tertiary/aromatic N) is 3. The molecule has 8 rings (SSSR count). The van der Waals surface area contributed by atoms with Gasteiger partial charge in [0.25, 0.3) is 0 Å². The molecule has 4 aliphatic carbocycles. The molecule has 0 spiro atoms. The predicted octanol–water partition coefficient (Wildman–Crippen LogP) is 8.91. The topological polar surface area (TPSA) is 251 Å². The molecule has 398 valence electrons. The zero-order valence-corrected chi connectivity index (χ0v) is 43.9. The van der Waals surface area contributed by atoms with Gasteiger partial charge in [0.05, 0.1) is 38.1 Å². The molecule has 3 N–H and O–H groups in total. The first kappa shape index (κ1) is 53.6. The van der Waals surface area contributed by atoms with Crippen LogP contribution in [0.15, 0.2) is 42.3 Å². The number of thiazole rings is 1. The van der Waals surface area contributed by atoms with E-state index in [1.165, 1.54) is 22.3 Å². The van der Waals surface area contributed by atoms with E-state index in [1.807, 2.05) is 25.3 Å². The second-order valence-corrected chi connectivity index (χ2v) is 23.9. The number of alkyl carbamates (subject to hydrolysis) is 1. The predicted molar refractivity (Wildman–Crippen MR) is 267 cm³/mol. The highest BCUT2D eigenvalue weighted by Crippen LogP contribution is 2.73. The molecule has 5 fully saturated rings. The van der Waals surface area contributed by atoms with Crippen LogP contribution in [0.5, 0.6) is 11.5 Å². The van der Waals surface area contributed by atoms with E-state index in [-0.39, 0.29) is 56.6 Å². The van der Waals surface area contributed by atoms with Crippen LogP contribution in [0.4, 0.5) is 19.5 Å². The lowest BCUT2D eigenvalue weighted by Gasteiger charge is -2.36. The van der Waals surface area contributed by atoms with Gasteiger partial charge in [-0.05, 0) is 101 Å². The Labute approximate surface area is 428 Å². The first-order chi connectivity index (χ1) is 34.9. The minimum atomic E-state index is -4.71.